The molecule has 5 rings (SSSR count). The van der Waals surface area contributed by atoms with Crippen LogP contribution in [0.4, 0.5) is 27.6 Å². The molecule has 3 aliphatic rings. The Balaban J connectivity index is 1.51. The van der Waals surface area contributed by atoms with Crippen LogP contribution in [0.1, 0.15) is 37.3 Å². The average molecular weight is 631 g/mol. The number of alkyl halides is 5. The summed E-state index contributed by atoms with van der Waals surface area (Å²) in [4.78, 5) is 26.7. The molecule has 0 bridgehead atoms. The molecule has 1 fully saturated rings. The molecule has 3 aliphatic heterocycles. The summed E-state index contributed by atoms with van der Waals surface area (Å²) in [7, 11) is -3.74. The van der Waals surface area contributed by atoms with Gasteiger partial charge in [0.1, 0.15) is 28.8 Å². The van der Waals surface area contributed by atoms with Gasteiger partial charge in [-0.05, 0) is 31.2 Å². The number of hydrogen-bond acceptors (Lipinski definition) is 8. The molecule has 2 unspecified atom stereocenters. The third kappa shape index (κ3) is 6.10. The summed E-state index contributed by atoms with van der Waals surface area (Å²) in [5, 5.41) is 11.6. The maximum atomic E-state index is 13.9. The van der Waals surface area contributed by atoms with Crippen molar-refractivity contribution in [1.82, 2.24) is 10.6 Å². The van der Waals surface area contributed by atoms with Gasteiger partial charge in [-0.2, -0.15) is 18.3 Å². The van der Waals surface area contributed by atoms with E-state index in [0.717, 1.165) is 6.26 Å². The second-order valence-electron chi connectivity index (χ2n) is 10.9. The zero-order valence-electron chi connectivity index (χ0n) is 22.9. The van der Waals surface area contributed by atoms with Gasteiger partial charge in [-0.3, -0.25) is 9.59 Å². The molecule has 0 radical (unpaired) electrons. The second-order valence-corrected chi connectivity index (χ2v) is 13.0. The first-order valence-electron chi connectivity index (χ1n) is 13.0. The van der Waals surface area contributed by atoms with E-state index in [4.69, 9.17) is 9.47 Å². The molecular weight excluding hydrogens is 603 g/mol. The highest BCUT2D eigenvalue weighted by molar-refractivity contribution is 7.91. The van der Waals surface area contributed by atoms with Crippen LogP contribution in [0.15, 0.2) is 47.6 Å². The minimum atomic E-state index is -4.54. The maximum absolute atomic E-state index is 13.9. The predicted molar refractivity (Wildman–Crippen MR) is 144 cm³/mol. The number of sulfone groups is 1. The van der Waals surface area contributed by atoms with Crippen LogP contribution < -0.4 is 25.1 Å². The zero-order valence-corrected chi connectivity index (χ0v) is 23.7. The molecule has 43 heavy (non-hydrogen) atoms. The van der Waals surface area contributed by atoms with Crippen LogP contribution in [0.3, 0.4) is 0 Å². The number of anilines is 1. The Bertz CT molecular complexity index is 1580. The first-order chi connectivity index (χ1) is 20.0. The molecule has 2 aromatic carbocycles. The molecule has 232 valence electrons. The van der Waals surface area contributed by atoms with Crippen molar-refractivity contribution in [2.45, 2.75) is 43.6 Å². The van der Waals surface area contributed by atoms with Crippen LogP contribution in [-0.4, -0.2) is 63.0 Å². The van der Waals surface area contributed by atoms with Crippen LogP contribution >= 0.6 is 0 Å². The van der Waals surface area contributed by atoms with Gasteiger partial charge in [0.2, 0.25) is 11.8 Å². The summed E-state index contributed by atoms with van der Waals surface area (Å²) in [5.74, 6) is -3.30. The average Bonchev–Trinajstić information content (AvgIpc) is 3.17. The van der Waals surface area contributed by atoms with E-state index in [0.29, 0.717) is 11.3 Å². The summed E-state index contributed by atoms with van der Waals surface area (Å²) < 4.78 is 98.6. The fourth-order valence-corrected chi connectivity index (χ4v) is 6.31. The van der Waals surface area contributed by atoms with Crippen molar-refractivity contribution >= 4 is 33.1 Å². The Morgan fingerprint density at radius 3 is 2.56 bits per heavy atom. The molecule has 10 nitrogen and oxygen atoms in total. The number of piperidine rings is 1. The molecule has 1 saturated heterocycles. The fourth-order valence-electron chi connectivity index (χ4n) is 5.77. The lowest BCUT2D eigenvalue weighted by molar-refractivity contribution is -0.153. The zero-order chi connectivity index (χ0) is 31.4. The van der Waals surface area contributed by atoms with E-state index >= 15 is 0 Å². The summed E-state index contributed by atoms with van der Waals surface area (Å²) >= 11 is 0. The summed E-state index contributed by atoms with van der Waals surface area (Å²) in [6.45, 7) is 0.0914. The molecule has 0 saturated carbocycles. The van der Waals surface area contributed by atoms with E-state index in [-0.39, 0.29) is 42.2 Å². The van der Waals surface area contributed by atoms with Crippen molar-refractivity contribution in [2.24, 2.45) is 11.0 Å². The van der Waals surface area contributed by atoms with E-state index in [2.05, 4.69) is 15.7 Å². The third-order valence-corrected chi connectivity index (χ3v) is 8.29. The third-order valence-electron chi connectivity index (χ3n) is 7.50. The van der Waals surface area contributed by atoms with Crippen molar-refractivity contribution in [3.8, 4) is 11.5 Å². The van der Waals surface area contributed by atoms with Crippen molar-refractivity contribution in [1.29, 1.82) is 0 Å². The first kappa shape index (κ1) is 30.5. The molecule has 0 aromatic heterocycles. The second kappa shape index (κ2) is 10.6. The summed E-state index contributed by atoms with van der Waals surface area (Å²) in [6.07, 6.45) is -6.02. The van der Waals surface area contributed by atoms with Gasteiger partial charge in [0.05, 0.1) is 23.5 Å². The standard InChI is InChI=1S/C27H27F5N4O6S/c1-25(33-21(37)13-43(2,39)40)22-19(35-36(25)16-5-3-15(4-6-16)23(28)29)12-26(34-24(22)38)9-10-41-20-11-17(7-8-18(20)26)42-14-27(30,31)32/h3-8,11,22-23H,9-10,12-14H2,1-2H3,(H,33,37)(H,34,38)/t22?,25?,26-/m0/s1. The lowest BCUT2D eigenvalue weighted by Crippen LogP contribution is -2.67. The lowest BCUT2D eigenvalue weighted by atomic mass is 9.72. The SMILES string of the molecule is CC1(NC(=O)CS(C)(=O)=O)C2C(=O)N[C@@]3(CCOc4cc(OCC(F)(F)F)ccc43)CC2=NN1c1ccc(C(F)F)cc1. The number of carbonyl (C=O) groups is 2. The van der Waals surface area contributed by atoms with Crippen molar-refractivity contribution in [3.05, 3.63) is 53.6 Å². The van der Waals surface area contributed by atoms with Gasteiger partial charge in [-0.1, -0.05) is 12.1 Å². The number of hydrogen-bond donors (Lipinski definition) is 2. The molecule has 3 heterocycles. The predicted octanol–water partition coefficient (Wildman–Crippen LogP) is 3.43. The van der Waals surface area contributed by atoms with Gasteiger partial charge < -0.3 is 20.1 Å². The Labute approximate surface area is 243 Å². The van der Waals surface area contributed by atoms with Gasteiger partial charge in [-0.15, -0.1) is 0 Å². The minimum Gasteiger partial charge on any atom is -0.493 e. The lowest BCUT2D eigenvalue weighted by Gasteiger charge is -2.46. The molecule has 1 spiro atoms. The van der Waals surface area contributed by atoms with Crippen molar-refractivity contribution in [3.63, 3.8) is 0 Å². The number of rotatable bonds is 7. The highest BCUT2D eigenvalue weighted by atomic mass is 32.2. The quantitative estimate of drug-likeness (QED) is 0.449. The Kier molecular flexibility index (Phi) is 7.55. The van der Waals surface area contributed by atoms with E-state index in [1.165, 1.54) is 54.4 Å². The minimum absolute atomic E-state index is 0.0778. The molecular formula is C27H27F5N4O6S. The molecule has 2 aromatic rings. The van der Waals surface area contributed by atoms with E-state index in [9.17, 15) is 40.0 Å². The van der Waals surface area contributed by atoms with Gasteiger partial charge in [0, 0.05) is 36.3 Å². The van der Waals surface area contributed by atoms with Crippen LogP contribution in [0.5, 0.6) is 11.5 Å². The summed E-state index contributed by atoms with van der Waals surface area (Å²) in [6, 6.07) is 9.20. The number of ether oxygens (including phenoxy) is 2. The van der Waals surface area contributed by atoms with E-state index < -0.39 is 63.7 Å². The highest BCUT2D eigenvalue weighted by Crippen LogP contribution is 2.48. The number of fused-ring (bicyclic) bond motifs is 3. The number of nitrogens with zero attached hydrogens (tertiary/aromatic N) is 2. The highest BCUT2D eigenvalue weighted by Gasteiger charge is 2.59. The topological polar surface area (TPSA) is 126 Å². The largest absolute Gasteiger partial charge is 0.493 e. The van der Waals surface area contributed by atoms with Crippen molar-refractivity contribution < 1.29 is 49.4 Å². The van der Waals surface area contributed by atoms with Gasteiger partial charge in [0.25, 0.3) is 6.43 Å². The fraction of sp³-hybridized carbons (Fsp3) is 0.444. The number of carbonyl (C=O) groups excluding carboxylic acids is 2. The maximum Gasteiger partial charge on any atom is 0.422 e. The van der Waals surface area contributed by atoms with Crippen LogP contribution in [0.2, 0.25) is 0 Å². The van der Waals surface area contributed by atoms with Crippen LogP contribution in [0, 0.1) is 5.92 Å². The van der Waals surface area contributed by atoms with Gasteiger partial charge in [-0.25, -0.2) is 22.2 Å². The Morgan fingerprint density at radius 2 is 1.93 bits per heavy atom. The monoisotopic (exact) mass is 630 g/mol. The number of hydrazone groups is 1. The van der Waals surface area contributed by atoms with Gasteiger partial charge >= 0.3 is 6.18 Å². The van der Waals surface area contributed by atoms with E-state index in [1.54, 1.807) is 0 Å². The normalized spacial score (nSPS) is 25.0. The smallest absolute Gasteiger partial charge is 0.422 e. The molecule has 16 heteroatoms. The number of nitrogens with one attached hydrogen (secondary N) is 2. The molecule has 2 N–H and O–H groups in total. The van der Waals surface area contributed by atoms with E-state index in [1.807, 2.05) is 0 Å². The van der Waals surface area contributed by atoms with Gasteiger partial charge in [0.15, 0.2) is 16.4 Å². The molecule has 2 amide bonds. The molecule has 0 aliphatic carbocycles. The Morgan fingerprint density at radius 1 is 1.23 bits per heavy atom. The van der Waals surface area contributed by atoms with Crippen LogP contribution in [0.25, 0.3) is 0 Å². The number of amides is 2. The van der Waals surface area contributed by atoms with Crippen molar-refractivity contribution in [2.75, 3.05) is 30.2 Å². The number of halogens is 5. The number of benzene rings is 2. The summed E-state index contributed by atoms with van der Waals surface area (Å²) in [5.41, 5.74) is -1.91. The van der Waals surface area contributed by atoms with Crippen LogP contribution in [-0.2, 0) is 25.0 Å². The Hall–Kier alpha value is -3.95. The first-order valence-corrected chi connectivity index (χ1v) is 15.1. The molecule has 3 atom stereocenters.